The maximum absolute atomic E-state index is 5.73. The number of methoxy groups -OCH3 is 2. The number of pyridine rings is 1. The normalized spacial score (nSPS) is 10.7. The number of aromatic nitrogens is 3. The zero-order chi connectivity index (χ0) is 14.1. The fourth-order valence-electron chi connectivity index (χ4n) is 1.96. The molecule has 0 amide bonds. The summed E-state index contributed by atoms with van der Waals surface area (Å²) < 4.78 is 12.1. The van der Waals surface area contributed by atoms with Crippen molar-refractivity contribution in [3.8, 4) is 22.9 Å². The molecule has 0 aliphatic carbocycles. The lowest BCUT2D eigenvalue weighted by Gasteiger charge is -2.05. The summed E-state index contributed by atoms with van der Waals surface area (Å²) in [6, 6.07) is 9.14. The number of rotatable bonds is 3. The largest absolute Gasteiger partial charge is 0.497 e. The zero-order valence-corrected chi connectivity index (χ0v) is 11.2. The molecule has 0 fully saturated rings. The number of anilines is 1. The molecule has 0 spiro atoms. The number of ether oxygens (including phenoxy) is 2. The fraction of sp³-hybridized carbons (Fsp3) is 0.143. The van der Waals surface area contributed by atoms with Crippen LogP contribution < -0.4 is 15.2 Å². The van der Waals surface area contributed by atoms with E-state index in [1.807, 2.05) is 18.2 Å². The number of fused-ring (bicyclic) bond motifs is 1. The minimum Gasteiger partial charge on any atom is -0.497 e. The van der Waals surface area contributed by atoms with Crippen molar-refractivity contribution >= 4 is 11.3 Å². The Bertz CT molecular complexity index is 745. The Balaban J connectivity index is 2.14. The molecule has 0 aliphatic rings. The average Bonchev–Trinajstić information content (AvgIpc) is 2.89. The third-order valence-electron chi connectivity index (χ3n) is 2.96. The highest BCUT2D eigenvalue weighted by molar-refractivity contribution is 5.63. The minimum absolute atomic E-state index is 0.591. The van der Waals surface area contributed by atoms with Crippen molar-refractivity contribution in [1.29, 1.82) is 0 Å². The van der Waals surface area contributed by atoms with Gasteiger partial charge in [-0.1, -0.05) is 0 Å². The first-order valence-electron chi connectivity index (χ1n) is 6.05. The lowest BCUT2D eigenvalue weighted by atomic mass is 10.2. The first kappa shape index (κ1) is 12.3. The van der Waals surface area contributed by atoms with Crippen LogP contribution in [0, 0.1) is 0 Å². The molecule has 6 heteroatoms. The van der Waals surface area contributed by atoms with Gasteiger partial charge < -0.3 is 15.2 Å². The molecular formula is C14H14N4O2. The van der Waals surface area contributed by atoms with Gasteiger partial charge in [0.1, 0.15) is 11.5 Å². The van der Waals surface area contributed by atoms with Crippen LogP contribution in [0.3, 0.4) is 0 Å². The van der Waals surface area contributed by atoms with E-state index in [4.69, 9.17) is 15.2 Å². The number of nitrogen functional groups attached to an aromatic ring is 1. The molecule has 2 aromatic heterocycles. The summed E-state index contributed by atoms with van der Waals surface area (Å²) in [5.41, 5.74) is 7.93. The molecule has 0 unspecified atom stereocenters. The van der Waals surface area contributed by atoms with E-state index in [1.165, 1.54) is 0 Å². The Morgan fingerprint density at radius 1 is 1.05 bits per heavy atom. The fourth-order valence-corrected chi connectivity index (χ4v) is 1.96. The zero-order valence-electron chi connectivity index (χ0n) is 11.2. The van der Waals surface area contributed by atoms with Gasteiger partial charge >= 0.3 is 0 Å². The van der Waals surface area contributed by atoms with E-state index >= 15 is 0 Å². The van der Waals surface area contributed by atoms with E-state index in [9.17, 15) is 0 Å². The Morgan fingerprint density at radius 3 is 2.40 bits per heavy atom. The second kappa shape index (κ2) is 4.73. The quantitative estimate of drug-likeness (QED) is 0.787. The van der Waals surface area contributed by atoms with Crippen molar-refractivity contribution in [2.24, 2.45) is 0 Å². The molecule has 1 aromatic carbocycles. The molecule has 20 heavy (non-hydrogen) atoms. The highest BCUT2D eigenvalue weighted by Gasteiger charge is 2.10. The summed E-state index contributed by atoms with van der Waals surface area (Å²) in [6.07, 6.45) is 1.73. The van der Waals surface area contributed by atoms with Crippen molar-refractivity contribution in [3.05, 3.63) is 36.5 Å². The lowest BCUT2D eigenvalue weighted by Crippen LogP contribution is -1.92. The standard InChI is InChI=1S/C14H14N4O2/c1-19-11-5-9(6-12(7-11)20-2)14-16-13-4-3-10(15)8-18(13)17-14/h3-8H,15H2,1-2H3. The minimum atomic E-state index is 0.591. The van der Waals surface area contributed by atoms with Crippen molar-refractivity contribution < 1.29 is 9.47 Å². The Kier molecular flexibility index (Phi) is 2.90. The van der Waals surface area contributed by atoms with Gasteiger partial charge in [-0.3, -0.25) is 0 Å². The van der Waals surface area contributed by atoms with E-state index in [1.54, 1.807) is 37.1 Å². The van der Waals surface area contributed by atoms with E-state index in [2.05, 4.69) is 10.1 Å². The van der Waals surface area contributed by atoms with Crippen LogP contribution in [0.25, 0.3) is 17.0 Å². The van der Waals surface area contributed by atoms with Gasteiger partial charge in [0.2, 0.25) is 0 Å². The second-order valence-corrected chi connectivity index (χ2v) is 4.30. The van der Waals surface area contributed by atoms with Crippen LogP contribution in [0.5, 0.6) is 11.5 Å². The smallest absolute Gasteiger partial charge is 0.182 e. The van der Waals surface area contributed by atoms with Crippen LogP contribution in [0.15, 0.2) is 36.5 Å². The average molecular weight is 270 g/mol. The Labute approximate surface area is 115 Å². The molecule has 0 saturated heterocycles. The monoisotopic (exact) mass is 270 g/mol. The molecule has 2 N–H and O–H groups in total. The van der Waals surface area contributed by atoms with Gasteiger partial charge in [0.25, 0.3) is 0 Å². The van der Waals surface area contributed by atoms with Crippen LogP contribution in [-0.2, 0) is 0 Å². The van der Waals surface area contributed by atoms with Gasteiger partial charge in [0.05, 0.1) is 26.1 Å². The Hall–Kier alpha value is -2.76. The van der Waals surface area contributed by atoms with Gasteiger partial charge in [0.15, 0.2) is 11.5 Å². The van der Waals surface area contributed by atoms with Crippen LogP contribution in [0.2, 0.25) is 0 Å². The highest BCUT2D eigenvalue weighted by Crippen LogP contribution is 2.28. The van der Waals surface area contributed by atoms with Gasteiger partial charge in [-0.25, -0.2) is 9.50 Å². The summed E-state index contributed by atoms with van der Waals surface area (Å²) in [6.45, 7) is 0. The molecule has 6 nitrogen and oxygen atoms in total. The molecule has 2 heterocycles. The predicted octanol–water partition coefficient (Wildman–Crippen LogP) is 2.00. The van der Waals surface area contributed by atoms with E-state index in [0.29, 0.717) is 23.0 Å². The third kappa shape index (κ3) is 2.11. The summed E-state index contributed by atoms with van der Waals surface area (Å²) >= 11 is 0. The van der Waals surface area contributed by atoms with Crippen LogP contribution in [-0.4, -0.2) is 28.8 Å². The van der Waals surface area contributed by atoms with E-state index in [0.717, 1.165) is 11.2 Å². The van der Waals surface area contributed by atoms with Gasteiger partial charge in [-0.05, 0) is 24.3 Å². The number of benzene rings is 1. The number of hydrogen-bond donors (Lipinski definition) is 1. The summed E-state index contributed by atoms with van der Waals surface area (Å²) in [5, 5.41) is 4.41. The first-order chi connectivity index (χ1) is 9.69. The molecular weight excluding hydrogens is 256 g/mol. The number of hydrogen-bond acceptors (Lipinski definition) is 5. The Morgan fingerprint density at radius 2 is 1.75 bits per heavy atom. The molecule has 0 saturated carbocycles. The lowest BCUT2D eigenvalue weighted by molar-refractivity contribution is 0.394. The molecule has 0 aliphatic heterocycles. The summed E-state index contributed by atoms with van der Waals surface area (Å²) in [4.78, 5) is 4.46. The first-order valence-corrected chi connectivity index (χ1v) is 6.05. The van der Waals surface area contributed by atoms with Crippen molar-refractivity contribution in [2.75, 3.05) is 20.0 Å². The van der Waals surface area contributed by atoms with Gasteiger partial charge in [-0.2, -0.15) is 0 Å². The van der Waals surface area contributed by atoms with Crippen LogP contribution in [0.1, 0.15) is 0 Å². The molecule has 0 bridgehead atoms. The molecule has 0 atom stereocenters. The number of nitrogens with two attached hydrogens (primary N) is 1. The van der Waals surface area contributed by atoms with Crippen LogP contribution >= 0.6 is 0 Å². The molecule has 102 valence electrons. The highest BCUT2D eigenvalue weighted by atomic mass is 16.5. The number of nitrogens with zero attached hydrogens (tertiary/aromatic N) is 3. The predicted molar refractivity (Wildman–Crippen MR) is 75.9 cm³/mol. The summed E-state index contributed by atoms with van der Waals surface area (Å²) in [7, 11) is 3.21. The molecule has 0 radical (unpaired) electrons. The van der Waals surface area contributed by atoms with Gasteiger partial charge in [-0.15, -0.1) is 5.10 Å². The van der Waals surface area contributed by atoms with Gasteiger partial charge in [0, 0.05) is 11.6 Å². The maximum Gasteiger partial charge on any atom is 0.182 e. The van der Waals surface area contributed by atoms with Crippen LogP contribution in [0.4, 0.5) is 5.69 Å². The van der Waals surface area contributed by atoms with E-state index in [-0.39, 0.29) is 0 Å². The third-order valence-corrected chi connectivity index (χ3v) is 2.96. The topological polar surface area (TPSA) is 74.7 Å². The maximum atomic E-state index is 5.73. The second-order valence-electron chi connectivity index (χ2n) is 4.30. The van der Waals surface area contributed by atoms with Crippen molar-refractivity contribution in [3.63, 3.8) is 0 Å². The summed E-state index contributed by atoms with van der Waals surface area (Å²) in [5.74, 6) is 1.98. The van der Waals surface area contributed by atoms with Crippen molar-refractivity contribution in [1.82, 2.24) is 14.6 Å². The SMILES string of the molecule is COc1cc(OC)cc(-c2nc3ccc(N)cn3n2)c1. The van der Waals surface area contributed by atoms with E-state index < -0.39 is 0 Å². The molecule has 3 aromatic rings. The molecule has 3 rings (SSSR count). The van der Waals surface area contributed by atoms with Crippen molar-refractivity contribution in [2.45, 2.75) is 0 Å².